The average molecular weight is 275 g/mol. The predicted octanol–water partition coefficient (Wildman–Crippen LogP) is 0.907. The number of aromatic nitrogens is 4. The van der Waals surface area contributed by atoms with Gasteiger partial charge in [0.05, 0.1) is 0 Å². The Hall–Kier alpha value is -2.39. The number of carboxylic acids is 1. The van der Waals surface area contributed by atoms with E-state index >= 15 is 0 Å². The van der Waals surface area contributed by atoms with Crippen LogP contribution in [0.3, 0.4) is 0 Å². The zero-order valence-electron chi connectivity index (χ0n) is 9.80. The molecule has 2 heterocycles. The van der Waals surface area contributed by atoms with Gasteiger partial charge < -0.3 is 10.0 Å². The predicted molar refractivity (Wildman–Crippen MR) is 57.1 cm³/mol. The summed E-state index contributed by atoms with van der Waals surface area (Å²) in [6.07, 6.45) is -4.72. The quantitative estimate of drug-likeness (QED) is 0.877. The van der Waals surface area contributed by atoms with Crippen LogP contribution in [0.4, 0.5) is 19.0 Å². The Labute approximate surface area is 104 Å². The standard InChI is InChI=1S/C9H8F3N5O2/c1-16(2)5-3-4(6(18)19)13-8-14-7(9(10,11)12)15-17(5)8/h3H,1-2H3,(H,18,19). The number of carboxylic acid groups (broad SMARTS) is 1. The Kier molecular flexibility index (Phi) is 2.80. The number of anilines is 1. The molecule has 0 unspecified atom stereocenters. The van der Waals surface area contributed by atoms with Gasteiger partial charge in [0.15, 0.2) is 5.69 Å². The summed E-state index contributed by atoms with van der Waals surface area (Å²) >= 11 is 0. The SMILES string of the molecule is CN(C)c1cc(C(=O)O)nc2nc(C(F)(F)F)nn12. The lowest BCUT2D eigenvalue weighted by Gasteiger charge is -2.13. The van der Waals surface area contributed by atoms with Crippen LogP contribution >= 0.6 is 0 Å². The van der Waals surface area contributed by atoms with Gasteiger partial charge in [0.25, 0.3) is 11.6 Å². The Morgan fingerprint density at radius 3 is 2.47 bits per heavy atom. The van der Waals surface area contributed by atoms with E-state index in [1.54, 1.807) is 0 Å². The first kappa shape index (κ1) is 13.1. The third-order valence-corrected chi connectivity index (χ3v) is 2.22. The summed E-state index contributed by atoms with van der Waals surface area (Å²) < 4.78 is 38.4. The second-order valence-electron chi connectivity index (χ2n) is 3.84. The summed E-state index contributed by atoms with van der Waals surface area (Å²) in [5.41, 5.74) is -0.405. The number of hydrogen-bond acceptors (Lipinski definition) is 5. The molecule has 0 radical (unpaired) electrons. The normalized spacial score (nSPS) is 11.8. The van der Waals surface area contributed by atoms with Gasteiger partial charge in [-0.1, -0.05) is 0 Å². The molecule has 1 N–H and O–H groups in total. The highest BCUT2D eigenvalue weighted by molar-refractivity contribution is 5.86. The number of rotatable bonds is 2. The maximum atomic E-state index is 12.5. The average Bonchev–Trinajstić information content (AvgIpc) is 2.70. The van der Waals surface area contributed by atoms with Crippen molar-refractivity contribution in [3.05, 3.63) is 17.6 Å². The van der Waals surface area contributed by atoms with Crippen molar-refractivity contribution in [2.45, 2.75) is 6.18 Å². The van der Waals surface area contributed by atoms with Gasteiger partial charge in [-0.05, 0) is 0 Å². The maximum absolute atomic E-state index is 12.5. The highest BCUT2D eigenvalue weighted by atomic mass is 19.4. The molecule has 10 heteroatoms. The molecule has 0 amide bonds. The summed E-state index contributed by atoms with van der Waals surface area (Å²) in [5.74, 6) is -3.02. The fraction of sp³-hybridized carbons (Fsp3) is 0.333. The minimum Gasteiger partial charge on any atom is -0.477 e. The summed E-state index contributed by atoms with van der Waals surface area (Å²) in [4.78, 5) is 19.0. The van der Waals surface area contributed by atoms with E-state index in [1.807, 2.05) is 0 Å². The molecule has 2 aromatic rings. The monoisotopic (exact) mass is 275 g/mol. The molecular weight excluding hydrogens is 267 g/mol. The second-order valence-corrected chi connectivity index (χ2v) is 3.84. The van der Waals surface area contributed by atoms with Gasteiger partial charge in [0, 0.05) is 20.2 Å². The van der Waals surface area contributed by atoms with Gasteiger partial charge in [0.1, 0.15) is 5.82 Å². The van der Waals surface area contributed by atoms with Crippen molar-refractivity contribution in [3.63, 3.8) is 0 Å². The summed E-state index contributed by atoms with van der Waals surface area (Å²) in [7, 11) is 3.07. The maximum Gasteiger partial charge on any atom is 0.453 e. The molecule has 0 aromatic carbocycles. The number of carbonyl (C=O) groups is 1. The highest BCUT2D eigenvalue weighted by Crippen LogP contribution is 2.27. The van der Waals surface area contributed by atoms with Crippen molar-refractivity contribution in [1.82, 2.24) is 19.6 Å². The van der Waals surface area contributed by atoms with Crippen LogP contribution in [0, 0.1) is 0 Å². The first-order valence-corrected chi connectivity index (χ1v) is 4.96. The van der Waals surface area contributed by atoms with E-state index in [1.165, 1.54) is 19.0 Å². The second kappa shape index (κ2) is 4.07. The van der Waals surface area contributed by atoms with Gasteiger partial charge in [-0.15, -0.1) is 5.10 Å². The van der Waals surface area contributed by atoms with Crippen LogP contribution in [0.5, 0.6) is 0 Å². The molecule has 7 nitrogen and oxygen atoms in total. The van der Waals surface area contributed by atoms with Crippen molar-refractivity contribution >= 4 is 17.6 Å². The molecule has 0 fully saturated rings. The van der Waals surface area contributed by atoms with E-state index < -0.39 is 29.4 Å². The van der Waals surface area contributed by atoms with Crippen LogP contribution in [0.15, 0.2) is 6.07 Å². The minimum absolute atomic E-state index is 0.130. The fourth-order valence-corrected chi connectivity index (χ4v) is 1.40. The van der Waals surface area contributed by atoms with E-state index in [2.05, 4.69) is 15.1 Å². The molecule has 0 saturated carbocycles. The molecule has 19 heavy (non-hydrogen) atoms. The van der Waals surface area contributed by atoms with Crippen molar-refractivity contribution in [1.29, 1.82) is 0 Å². The van der Waals surface area contributed by atoms with Crippen molar-refractivity contribution in [2.75, 3.05) is 19.0 Å². The van der Waals surface area contributed by atoms with Crippen LogP contribution in [0.1, 0.15) is 16.3 Å². The Morgan fingerprint density at radius 2 is 2.00 bits per heavy atom. The fourth-order valence-electron chi connectivity index (χ4n) is 1.40. The topological polar surface area (TPSA) is 83.6 Å². The van der Waals surface area contributed by atoms with Crippen molar-refractivity contribution in [3.8, 4) is 0 Å². The van der Waals surface area contributed by atoms with Crippen LogP contribution < -0.4 is 4.90 Å². The van der Waals surface area contributed by atoms with Gasteiger partial charge >= 0.3 is 12.1 Å². The van der Waals surface area contributed by atoms with Gasteiger partial charge in [-0.2, -0.15) is 22.7 Å². The molecule has 0 aliphatic carbocycles. The van der Waals surface area contributed by atoms with Crippen LogP contribution in [0.25, 0.3) is 5.78 Å². The molecule has 102 valence electrons. The van der Waals surface area contributed by atoms with Gasteiger partial charge in [-0.3, -0.25) is 0 Å². The molecule has 0 saturated heterocycles. The van der Waals surface area contributed by atoms with Crippen LogP contribution in [-0.4, -0.2) is 44.8 Å². The van der Waals surface area contributed by atoms with Gasteiger partial charge in [0.2, 0.25) is 0 Å². The first-order chi connectivity index (χ1) is 8.70. The van der Waals surface area contributed by atoms with E-state index in [-0.39, 0.29) is 5.82 Å². The lowest BCUT2D eigenvalue weighted by molar-refractivity contribution is -0.144. The third kappa shape index (κ3) is 2.28. The van der Waals surface area contributed by atoms with Crippen LogP contribution in [-0.2, 0) is 6.18 Å². The van der Waals surface area contributed by atoms with Gasteiger partial charge in [-0.25, -0.2) is 9.78 Å². The Bertz CT molecular complexity index is 649. The zero-order chi connectivity index (χ0) is 14.4. The summed E-state index contributed by atoms with van der Waals surface area (Å²) in [5, 5.41) is 12.1. The molecule has 0 bridgehead atoms. The number of aromatic carboxylic acids is 1. The highest BCUT2D eigenvalue weighted by Gasteiger charge is 2.37. The summed E-state index contributed by atoms with van der Waals surface area (Å²) in [6, 6.07) is 1.12. The largest absolute Gasteiger partial charge is 0.477 e. The van der Waals surface area contributed by atoms with Crippen molar-refractivity contribution < 1.29 is 23.1 Å². The van der Waals surface area contributed by atoms with E-state index in [0.717, 1.165) is 10.6 Å². The lowest BCUT2D eigenvalue weighted by Crippen LogP contribution is -2.16. The molecular formula is C9H8F3N5O2. The molecule has 2 aromatic heterocycles. The molecule has 0 aliphatic rings. The molecule has 0 atom stereocenters. The number of alkyl halides is 3. The number of fused-ring (bicyclic) bond motifs is 1. The van der Waals surface area contributed by atoms with Crippen LogP contribution in [0.2, 0.25) is 0 Å². The first-order valence-electron chi connectivity index (χ1n) is 4.96. The lowest BCUT2D eigenvalue weighted by atomic mass is 10.4. The minimum atomic E-state index is -4.72. The van der Waals surface area contributed by atoms with Crippen molar-refractivity contribution in [2.24, 2.45) is 0 Å². The molecule has 0 spiro atoms. The smallest absolute Gasteiger partial charge is 0.453 e. The Balaban J connectivity index is 2.75. The van der Waals surface area contributed by atoms with E-state index in [4.69, 9.17) is 5.11 Å². The zero-order valence-corrected chi connectivity index (χ0v) is 9.80. The number of halogens is 3. The Morgan fingerprint density at radius 1 is 1.37 bits per heavy atom. The number of hydrogen-bond donors (Lipinski definition) is 1. The molecule has 0 aliphatic heterocycles. The van der Waals surface area contributed by atoms with E-state index in [9.17, 15) is 18.0 Å². The third-order valence-electron chi connectivity index (χ3n) is 2.22. The number of nitrogens with zero attached hydrogens (tertiary/aromatic N) is 5. The summed E-state index contributed by atoms with van der Waals surface area (Å²) in [6.45, 7) is 0. The molecule has 2 rings (SSSR count). The van der Waals surface area contributed by atoms with E-state index in [0.29, 0.717) is 0 Å².